The summed E-state index contributed by atoms with van der Waals surface area (Å²) in [5.41, 5.74) is 0. The van der Waals surface area contributed by atoms with E-state index < -0.39 is 0 Å². The summed E-state index contributed by atoms with van der Waals surface area (Å²) >= 11 is 0. The summed E-state index contributed by atoms with van der Waals surface area (Å²) in [6, 6.07) is 0. The first-order valence-corrected chi connectivity index (χ1v) is 7.99. The van der Waals surface area contributed by atoms with Crippen molar-refractivity contribution in [3.63, 3.8) is 0 Å². The van der Waals surface area contributed by atoms with E-state index in [2.05, 4.69) is 19.2 Å². The fourth-order valence-corrected chi connectivity index (χ4v) is 2.86. The Morgan fingerprint density at radius 1 is 1.00 bits per heavy atom. The minimum Gasteiger partial charge on any atom is -0.316 e. The summed E-state index contributed by atoms with van der Waals surface area (Å²) < 4.78 is 0. The first-order valence-electron chi connectivity index (χ1n) is 7.99. The Kier molecular flexibility index (Phi) is 8.32. The fraction of sp³-hybridized carbons (Fsp3) is 0.938. The highest BCUT2D eigenvalue weighted by molar-refractivity contribution is 5.81. The van der Waals surface area contributed by atoms with Crippen LogP contribution in [-0.2, 0) is 4.79 Å². The number of Topliss-reactive ketones (excluding diaryl/α,β-unsaturated/α-hetero) is 1. The van der Waals surface area contributed by atoms with Crippen molar-refractivity contribution in [2.45, 2.75) is 71.6 Å². The number of carbonyl (C=O) groups excluding carboxylic acids is 1. The van der Waals surface area contributed by atoms with Crippen molar-refractivity contribution in [3.8, 4) is 0 Å². The molecule has 0 aromatic rings. The number of nitrogens with one attached hydrogen (secondary N) is 1. The summed E-state index contributed by atoms with van der Waals surface area (Å²) in [6.45, 7) is 6.38. The minimum absolute atomic E-state index is 0.301. The van der Waals surface area contributed by atoms with Gasteiger partial charge in [0.2, 0.25) is 0 Å². The zero-order valence-electron chi connectivity index (χ0n) is 12.3. The molecule has 1 saturated heterocycles. The Balaban J connectivity index is 1.92. The van der Waals surface area contributed by atoms with Gasteiger partial charge in [-0.3, -0.25) is 4.79 Å². The predicted octanol–water partition coefficient (Wildman–Crippen LogP) is 3.94. The number of hydrogen-bond donors (Lipinski definition) is 1. The molecule has 2 unspecified atom stereocenters. The van der Waals surface area contributed by atoms with Crippen molar-refractivity contribution in [1.29, 1.82) is 0 Å². The van der Waals surface area contributed by atoms with Gasteiger partial charge in [-0.1, -0.05) is 58.8 Å². The third kappa shape index (κ3) is 5.99. The molecule has 1 aliphatic heterocycles. The van der Waals surface area contributed by atoms with Crippen LogP contribution in [0.3, 0.4) is 0 Å². The van der Waals surface area contributed by atoms with Crippen LogP contribution < -0.4 is 5.32 Å². The molecule has 2 nitrogen and oxygen atoms in total. The molecule has 2 heteroatoms. The first kappa shape index (κ1) is 15.7. The molecule has 18 heavy (non-hydrogen) atoms. The van der Waals surface area contributed by atoms with Crippen molar-refractivity contribution in [3.05, 3.63) is 0 Å². The van der Waals surface area contributed by atoms with Crippen LogP contribution in [0, 0.1) is 11.8 Å². The van der Waals surface area contributed by atoms with Gasteiger partial charge in [0, 0.05) is 18.9 Å². The smallest absolute Gasteiger partial charge is 0.137 e. The van der Waals surface area contributed by atoms with Gasteiger partial charge in [0.05, 0.1) is 0 Å². The van der Waals surface area contributed by atoms with E-state index in [1.54, 1.807) is 0 Å². The van der Waals surface area contributed by atoms with Gasteiger partial charge < -0.3 is 5.32 Å². The Bertz CT molecular complexity index is 227. The molecule has 0 bridgehead atoms. The summed E-state index contributed by atoms with van der Waals surface area (Å²) in [5.74, 6) is 1.35. The molecule has 1 aliphatic rings. The molecular weight excluding hydrogens is 222 g/mol. The van der Waals surface area contributed by atoms with Gasteiger partial charge in [0.25, 0.3) is 0 Å². The maximum absolute atomic E-state index is 12.0. The number of ketones is 1. The van der Waals surface area contributed by atoms with Gasteiger partial charge in [-0.15, -0.1) is 0 Å². The monoisotopic (exact) mass is 253 g/mol. The highest BCUT2D eigenvalue weighted by atomic mass is 16.1. The predicted molar refractivity (Wildman–Crippen MR) is 77.8 cm³/mol. The number of hydrogen-bond acceptors (Lipinski definition) is 2. The standard InChI is InChI=1S/C16H31NO/c1-3-4-5-6-7-8-9-10-11-16(18)15-13-17-12-14(15)2/h14-15,17H,3-13H2,1-2H3. The normalized spacial score (nSPS) is 23.4. The second-order valence-corrected chi connectivity index (χ2v) is 5.93. The molecule has 0 radical (unpaired) electrons. The van der Waals surface area contributed by atoms with E-state index >= 15 is 0 Å². The second-order valence-electron chi connectivity index (χ2n) is 5.93. The van der Waals surface area contributed by atoms with Gasteiger partial charge in [-0.2, -0.15) is 0 Å². The van der Waals surface area contributed by atoms with E-state index in [1.165, 1.54) is 44.9 Å². The van der Waals surface area contributed by atoms with Crippen molar-refractivity contribution < 1.29 is 4.79 Å². The van der Waals surface area contributed by atoms with Crippen molar-refractivity contribution >= 4 is 5.78 Å². The molecule has 0 amide bonds. The third-order valence-corrected chi connectivity index (χ3v) is 4.21. The lowest BCUT2D eigenvalue weighted by molar-refractivity contribution is -0.123. The minimum atomic E-state index is 0.301. The van der Waals surface area contributed by atoms with Crippen LogP contribution in [0.4, 0.5) is 0 Å². The molecule has 0 aromatic carbocycles. The van der Waals surface area contributed by atoms with E-state index in [1.807, 2.05) is 0 Å². The Morgan fingerprint density at radius 3 is 2.17 bits per heavy atom. The Hall–Kier alpha value is -0.370. The quantitative estimate of drug-likeness (QED) is 0.597. The largest absolute Gasteiger partial charge is 0.316 e. The number of rotatable bonds is 10. The van der Waals surface area contributed by atoms with Gasteiger partial charge in [-0.25, -0.2) is 0 Å². The Morgan fingerprint density at radius 2 is 1.61 bits per heavy atom. The highest BCUT2D eigenvalue weighted by Gasteiger charge is 2.28. The molecule has 0 saturated carbocycles. The molecule has 0 aromatic heterocycles. The number of carbonyl (C=O) groups is 1. The lowest BCUT2D eigenvalue weighted by atomic mass is 9.91. The molecule has 2 atom stereocenters. The van der Waals surface area contributed by atoms with Gasteiger partial charge in [-0.05, 0) is 18.9 Å². The van der Waals surface area contributed by atoms with Crippen LogP contribution in [0.25, 0.3) is 0 Å². The summed E-state index contributed by atoms with van der Waals surface area (Å²) in [7, 11) is 0. The molecular formula is C16H31NO. The maximum Gasteiger partial charge on any atom is 0.137 e. The topological polar surface area (TPSA) is 29.1 Å². The SMILES string of the molecule is CCCCCCCCCCC(=O)C1CNCC1C. The van der Waals surface area contributed by atoms with Crippen molar-refractivity contribution in [1.82, 2.24) is 5.32 Å². The van der Waals surface area contributed by atoms with Crippen LogP contribution in [0.5, 0.6) is 0 Å². The molecule has 106 valence electrons. The molecule has 1 N–H and O–H groups in total. The highest BCUT2D eigenvalue weighted by Crippen LogP contribution is 2.20. The Labute approximate surface area is 113 Å². The summed E-state index contributed by atoms with van der Waals surface area (Å²) in [4.78, 5) is 12.0. The molecule has 0 aliphatic carbocycles. The van der Waals surface area contributed by atoms with Gasteiger partial charge in [0.15, 0.2) is 0 Å². The zero-order valence-corrected chi connectivity index (χ0v) is 12.3. The summed E-state index contributed by atoms with van der Waals surface area (Å²) in [6.07, 6.45) is 11.3. The van der Waals surface area contributed by atoms with E-state index in [0.717, 1.165) is 25.9 Å². The van der Waals surface area contributed by atoms with Crippen LogP contribution >= 0.6 is 0 Å². The molecule has 1 heterocycles. The van der Waals surface area contributed by atoms with Crippen LogP contribution in [-0.4, -0.2) is 18.9 Å². The van der Waals surface area contributed by atoms with E-state index in [4.69, 9.17) is 0 Å². The third-order valence-electron chi connectivity index (χ3n) is 4.21. The average molecular weight is 253 g/mol. The lowest BCUT2D eigenvalue weighted by Gasteiger charge is -2.12. The molecule has 1 rings (SSSR count). The van der Waals surface area contributed by atoms with Crippen molar-refractivity contribution in [2.75, 3.05) is 13.1 Å². The lowest BCUT2D eigenvalue weighted by Crippen LogP contribution is -2.21. The summed E-state index contributed by atoms with van der Waals surface area (Å²) in [5, 5.41) is 3.31. The van der Waals surface area contributed by atoms with Crippen LogP contribution in [0.1, 0.15) is 71.6 Å². The first-order chi connectivity index (χ1) is 8.75. The maximum atomic E-state index is 12.0. The van der Waals surface area contributed by atoms with Gasteiger partial charge in [0.1, 0.15) is 5.78 Å². The average Bonchev–Trinajstić information content (AvgIpc) is 2.79. The fourth-order valence-electron chi connectivity index (χ4n) is 2.86. The van der Waals surface area contributed by atoms with Crippen LogP contribution in [0.15, 0.2) is 0 Å². The number of unbranched alkanes of at least 4 members (excludes halogenated alkanes) is 7. The van der Waals surface area contributed by atoms with Crippen molar-refractivity contribution in [2.24, 2.45) is 11.8 Å². The van der Waals surface area contributed by atoms with E-state index in [9.17, 15) is 4.79 Å². The molecule has 0 spiro atoms. The van der Waals surface area contributed by atoms with E-state index in [-0.39, 0.29) is 0 Å². The zero-order chi connectivity index (χ0) is 13.2. The second kappa shape index (κ2) is 9.55. The van der Waals surface area contributed by atoms with Gasteiger partial charge >= 0.3 is 0 Å². The molecule has 1 fully saturated rings. The van der Waals surface area contributed by atoms with E-state index in [0.29, 0.717) is 17.6 Å². The van der Waals surface area contributed by atoms with Crippen LogP contribution in [0.2, 0.25) is 0 Å².